The van der Waals surface area contributed by atoms with Gasteiger partial charge in [-0.2, -0.15) is 0 Å². The van der Waals surface area contributed by atoms with Gasteiger partial charge < -0.3 is 15.4 Å². The van der Waals surface area contributed by atoms with Crippen LogP contribution in [0.3, 0.4) is 0 Å². The van der Waals surface area contributed by atoms with Crippen LogP contribution in [0.5, 0.6) is 5.75 Å². The van der Waals surface area contributed by atoms with Gasteiger partial charge in [0.05, 0.1) is 12.6 Å². The molecule has 0 amide bonds. The minimum atomic E-state index is -0.381. The number of benzene rings is 1. The lowest BCUT2D eigenvalue weighted by atomic mass is 9.73. The van der Waals surface area contributed by atoms with Crippen LogP contribution in [0.15, 0.2) is 24.3 Å². The quantitative estimate of drug-likeness (QED) is 0.832. The lowest BCUT2D eigenvalue weighted by Gasteiger charge is -2.45. The number of nitrogens with zero attached hydrogens (tertiary/aromatic N) is 1. The van der Waals surface area contributed by atoms with Gasteiger partial charge >= 0.3 is 0 Å². The molecule has 1 aromatic carbocycles. The van der Waals surface area contributed by atoms with E-state index >= 15 is 0 Å². The molecular formula is C17H30N2O. The zero-order valence-electron chi connectivity index (χ0n) is 13.8. The molecular weight excluding hydrogens is 248 g/mol. The fourth-order valence-electron chi connectivity index (χ4n) is 3.00. The smallest absolute Gasteiger partial charge is 0.119 e. The number of rotatable bonds is 7. The van der Waals surface area contributed by atoms with E-state index in [0.29, 0.717) is 12.0 Å². The van der Waals surface area contributed by atoms with E-state index in [2.05, 4.69) is 51.9 Å². The Hall–Kier alpha value is -1.06. The monoisotopic (exact) mass is 278 g/mol. The molecule has 20 heavy (non-hydrogen) atoms. The van der Waals surface area contributed by atoms with Crippen LogP contribution in [0.1, 0.15) is 39.2 Å². The molecule has 0 bridgehead atoms. The van der Waals surface area contributed by atoms with Crippen LogP contribution >= 0.6 is 0 Å². The molecule has 0 saturated heterocycles. The number of methoxy groups -OCH3 is 1. The Morgan fingerprint density at radius 3 is 2.40 bits per heavy atom. The third-order valence-electron chi connectivity index (χ3n) is 4.26. The Morgan fingerprint density at radius 2 is 1.95 bits per heavy atom. The Bertz CT molecular complexity index is 417. The summed E-state index contributed by atoms with van der Waals surface area (Å²) < 4.78 is 5.36. The van der Waals surface area contributed by atoms with Crippen molar-refractivity contribution >= 4 is 0 Å². The van der Waals surface area contributed by atoms with Gasteiger partial charge in [-0.1, -0.05) is 39.3 Å². The molecule has 3 heteroatoms. The van der Waals surface area contributed by atoms with Crippen molar-refractivity contribution in [2.45, 2.75) is 45.2 Å². The molecule has 1 rings (SSSR count). The molecule has 0 aliphatic heterocycles. The first-order chi connectivity index (χ1) is 9.37. The predicted molar refractivity (Wildman–Crippen MR) is 86.1 cm³/mol. The highest BCUT2D eigenvalue weighted by Crippen LogP contribution is 2.36. The maximum Gasteiger partial charge on any atom is 0.119 e. The first kappa shape index (κ1) is 17.0. The molecule has 2 atom stereocenters. The summed E-state index contributed by atoms with van der Waals surface area (Å²) in [5.74, 6) is 1.21. The summed E-state index contributed by atoms with van der Waals surface area (Å²) in [5, 5.41) is 0. The number of likely N-dealkylation sites (N-methyl/N-ethyl adjacent to an activating group) is 1. The van der Waals surface area contributed by atoms with Crippen molar-refractivity contribution in [3.8, 4) is 5.75 Å². The van der Waals surface area contributed by atoms with Crippen LogP contribution in [0, 0.1) is 5.92 Å². The van der Waals surface area contributed by atoms with E-state index < -0.39 is 0 Å². The van der Waals surface area contributed by atoms with Crippen LogP contribution in [0.4, 0.5) is 0 Å². The molecule has 0 fully saturated rings. The van der Waals surface area contributed by atoms with E-state index in [1.165, 1.54) is 0 Å². The van der Waals surface area contributed by atoms with Crippen LogP contribution in [0.2, 0.25) is 0 Å². The van der Waals surface area contributed by atoms with Gasteiger partial charge in [-0.25, -0.2) is 0 Å². The predicted octanol–water partition coefficient (Wildman–Crippen LogP) is 3.24. The topological polar surface area (TPSA) is 38.5 Å². The number of ether oxygens (including phenoxy) is 1. The van der Waals surface area contributed by atoms with Gasteiger partial charge in [0, 0.05) is 6.04 Å². The van der Waals surface area contributed by atoms with E-state index in [4.69, 9.17) is 10.5 Å². The molecule has 0 saturated carbocycles. The third-order valence-corrected chi connectivity index (χ3v) is 4.26. The average Bonchev–Trinajstić information content (AvgIpc) is 2.43. The third kappa shape index (κ3) is 3.33. The van der Waals surface area contributed by atoms with Crippen LogP contribution in [-0.4, -0.2) is 32.1 Å². The van der Waals surface area contributed by atoms with Crippen LogP contribution in [0.25, 0.3) is 0 Å². The SMILES string of the molecule is CCCC(N(C)C)C(N)(c1cccc(OC)c1)C(C)C. The molecule has 2 unspecified atom stereocenters. The van der Waals surface area contributed by atoms with E-state index in [9.17, 15) is 0 Å². The van der Waals surface area contributed by atoms with Gasteiger partial charge in [-0.15, -0.1) is 0 Å². The fraction of sp³-hybridized carbons (Fsp3) is 0.647. The summed E-state index contributed by atoms with van der Waals surface area (Å²) in [5.41, 5.74) is 7.69. The lowest BCUT2D eigenvalue weighted by Crippen LogP contribution is -2.57. The Morgan fingerprint density at radius 1 is 1.30 bits per heavy atom. The highest BCUT2D eigenvalue weighted by Gasteiger charge is 2.40. The number of nitrogens with two attached hydrogens (primary N) is 1. The van der Waals surface area contributed by atoms with E-state index in [1.54, 1.807) is 7.11 Å². The summed E-state index contributed by atoms with van der Waals surface area (Å²) in [4.78, 5) is 2.25. The molecule has 0 aliphatic rings. The van der Waals surface area contributed by atoms with Gasteiger partial charge in [0.2, 0.25) is 0 Å². The van der Waals surface area contributed by atoms with Crippen molar-refractivity contribution in [1.82, 2.24) is 4.90 Å². The molecule has 0 heterocycles. The average molecular weight is 278 g/mol. The Kier molecular flexibility index (Phi) is 6.03. The number of hydrogen-bond donors (Lipinski definition) is 1. The minimum Gasteiger partial charge on any atom is -0.497 e. The van der Waals surface area contributed by atoms with Crippen molar-refractivity contribution in [3.05, 3.63) is 29.8 Å². The van der Waals surface area contributed by atoms with Crippen molar-refractivity contribution < 1.29 is 4.74 Å². The Balaban J connectivity index is 3.31. The highest BCUT2D eigenvalue weighted by atomic mass is 16.5. The standard InChI is InChI=1S/C17H30N2O/c1-7-9-16(19(4)5)17(18,13(2)3)14-10-8-11-15(12-14)20-6/h8,10-13,16H,7,9,18H2,1-6H3. The van der Waals surface area contributed by atoms with Gasteiger partial charge in [-0.3, -0.25) is 0 Å². The van der Waals surface area contributed by atoms with Gasteiger partial charge in [-0.05, 0) is 44.1 Å². The summed E-state index contributed by atoms with van der Waals surface area (Å²) in [6.07, 6.45) is 2.21. The van der Waals surface area contributed by atoms with Crippen molar-refractivity contribution in [2.75, 3.05) is 21.2 Å². The maximum absolute atomic E-state index is 6.92. The van der Waals surface area contributed by atoms with Crippen molar-refractivity contribution in [1.29, 1.82) is 0 Å². The Labute approximate surface area is 124 Å². The van der Waals surface area contributed by atoms with Crippen molar-refractivity contribution in [2.24, 2.45) is 11.7 Å². The van der Waals surface area contributed by atoms with Gasteiger partial charge in [0.15, 0.2) is 0 Å². The zero-order chi connectivity index (χ0) is 15.3. The molecule has 2 N–H and O–H groups in total. The zero-order valence-corrected chi connectivity index (χ0v) is 13.8. The lowest BCUT2D eigenvalue weighted by molar-refractivity contribution is 0.122. The molecule has 3 nitrogen and oxygen atoms in total. The first-order valence-corrected chi connectivity index (χ1v) is 7.47. The molecule has 0 spiro atoms. The van der Waals surface area contributed by atoms with Crippen LogP contribution < -0.4 is 10.5 Å². The number of hydrogen-bond acceptors (Lipinski definition) is 3. The van der Waals surface area contributed by atoms with E-state index in [-0.39, 0.29) is 5.54 Å². The summed E-state index contributed by atoms with van der Waals surface area (Å²) in [7, 11) is 5.93. The molecule has 1 aromatic rings. The van der Waals surface area contributed by atoms with Crippen molar-refractivity contribution in [3.63, 3.8) is 0 Å². The second-order valence-electron chi connectivity index (χ2n) is 6.09. The summed E-state index contributed by atoms with van der Waals surface area (Å²) in [6, 6.07) is 8.49. The van der Waals surface area contributed by atoms with E-state index in [0.717, 1.165) is 24.2 Å². The van der Waals surface area contributed by atoms with Gasteiger partial charge in [0.1, 0.15) is 5.75 Å². The van der Waals surface area contributed by atoms with Crippen LogP contribution in [-0.2, 0) is 5.54 Å². The second kappa shape index (κ2) is 7.09. The molecule has 0 aliphatic carbocycles. The maximum atomic E-state index is 6.92. The van der Waals surface area contributed by atoms with E-state index in [1.807, 2.05) is 12.1 Å². The molecule has 114 valence electrons. The highest BCUT2D eigenvalue weighted by molar-refractivity contribution is 5.35. The fourth-order valence-corrected chi connectivity index (χ4v) is 3.00. The molecule has 0 radical (unpaired) electrons. The first-order valence-electron chi connectivity index (χ1n) is 7.47. The molecule has 0 aromatic heterocycles. The second-order valence-corrected chi connectivity index (χ2v) is 6.09. The largest absolute Gasteiger partial charge is 0.497 e. The summed E-state index contributed by atoms with van der Waals surface area (Å²) in [6.45, 7) is 6.61. The summed E-state index contributed by atoms with van der Waals surface area (Å²) >= 11 is 0. The normalized spacial score (nSPS) is 16.2. The van der Waals surface area contributed by atoms with Gasteiger partial charge in [0.25, 0.3) is 0 Å². The minimum absolute atomic E-state index is 0.305.